The van der Waals surface area contributed by atoms with Gasteiger partial charge in [-0.3, -0.25) is 0 Å². The lowest BCUT2D eigenvalue weighted by Gasteiger charge is -1.90. The molecule has 0 aromatic heterocycles. The molecule has 0 aliphatic rings. The van der Waals surface area contributed by atoms with Crippen molar-refractivity contribution in [3.63, 3.8) is 0 Å². The van der Waals surface area contributed by atoms with E-state index in [2.05, 4.69) is 14.8 Å². The molecule has 0 radical (unpaired) electrons. The first-order valence-corrected chi connectivity index (χ1v) is 5.86. The van der Waals surface area contributed by atoms with E-state index in [0.29, 0.717) is 0 Å². The van der Waals surface area contributed by atoms with E-state index in [1.165, 1.54) is 32.0 Å². The molecule has 0 rings (SSSR count). The van der Waals surface area contributed by atoms with Gasteiger partial charge in [-0.05, 0) is 12.5 Å². The molecule has 0 amide bonds. The standard InChI is InChI=1S/C6H15B.C2H6S/c1-2-3-4-5-6-7;1-3-2/h2-7H2,1H3;1-2H3. The Bertz CT molecular complexity index is 36.2. The lowest BCUT2D eigenvalue weighted by Crippen LogP contribution is -1.72. The average Bonchev–Trinajstić information content (AvgIpc) is 1.91. The second kappa shape index (κ2) is 16.2. The molecule has 0 aliphatic carbocycles. The smallest absolute Gasteiger partial charge is 0.101 e. The summed E-state index contributed by atoms with van der Waals surface area (Å²) >= 11 is 1.75. The van der Waals surface area contributed by atoms with Crippen LogP contribution in [-0.4, -0.2) is 20.4 Å². The molecule has 0 unspecified atom stereocenters. The fourth-order valence-electron chi connectivity index (χ4n) is 0.677. The van der Waals surface area contributed by atoms with Gasteiger partial charge in [-0.1, -0.05) is 38.9 Å². The second-order valence-electron chi connectivity index (χ2n) is 2.47. The predicted molar refractivity (Wildman–Crippen MR) is 56.9 cm³/mol. The molecule has 0 aromatic carbocycles. The van der Waals surface area contributed by atoms with Gasteiger partial charge in [-0.2, -0.15) is 11.8 Å². The molecule has 0 nitrogen and oxygen atoms in total. The largest absolute Gasteiger partial charge is 0.169 e. The van der Waals surface area contributed by atoms with Gasteiger partial charge in [-0.15, -0.1) is 0 Å². The molecule has 0 aliphatic heterocycles. The van der Waals surface area contributed by atoms with E-state index in [0.717, 1.165) is 0 Å². The van der Waals surface area contributed by atoms with Crippen molar-refractivity contribution in [2.24, 2.45) is 0 Å². The maximum Gasteiger partial charge on any atom is 0.101 e. The van der Waals surface area contributed by atoms with Crippen LogP contribution in [0.25, 0.3) is 0 Å². The topological polar surface area (TPSA) is 0 Å². The lowest BCUT2D eigenvalue weighted by atomic mass is 9.99. The van der Waals surface area contributed by atoms with Gasteiger partial charge >= 0.3 is 0 Å². The van der Waals surface area contributed by atoms with Gasteiger partial charge in [0.2, 0.25) is 0 Å². The van der Waals surface area contributed by atoms with Gasteiger partial charge in [0.1, 0.15) is 7.85 Å². The van der Waals surface area contributed by atoms with E-state index in [1.54, 1.807) is 11.8 Å². The number of hydrogen-bond acceptors (Lipinski definition) is 1. The summed E-state index contributed by atoms with van der Waals surface area (Å²) in [6.07, 6.45) is 11.1. The van der Waals surface area contributed by atoms with Gasteiger partial charge < -0.3 is 0 Å². The number of thioether (sulfide) groups is 1. The normalized spacial score (nSPS) is 8.30. The molecule has 0 bridgehead atoms. The Morgan fingerprint density at radius 2 is 1.60 bits per heavy atom. The van der Waals surface area contributed by atoms with Gasteiger partial charge in [0.15, 0.2) is 0 Å². The van der Waals surface area contributed by atoms with Crippen molar-refractivity contribution in [2.75, 3.05) is 12.5 Å². The molecular weight excluding hydrogens is 139 g/mol. The minimum absolute atomic E-state index is 1.36. The SMILES string of the molecule is BCCCCCC.CSC. The summed E-state index contributed by atoms with van der Waals surface area (Å²) < 4.78 is 0. The maximum absolute atomic E-state index is 2.25. The van der Waals surface area contributed by atoms with Gasteiger partial charge in [0.05, 0.1) is 0 Å². The van der Waals surface area contributed by atoms with E-state index < -0.39 is 0 Å². The number of unbranched alkanes of at least 4 members (excludes halogenated alkanes) is 3. The average molecular weight is 160 g/mol. The maximum atomic E-state index is 2.25. The fourth-order valence-corrected chi connectivity index (χ4v) is 0.677. The first-order chi connectivity index (χ1) is 4.83. The highest BCUT2D eigenvalue weighted by Gasteiger charge is 1.80. The molecule has 0 fully saturated rings. The molecule has 62 valence electrons. The van der Waals surface area contributed by atoms with E-state index in [9.17, 15) is 0 Å². The summed E-state index contributed by atoms with van der Waals surface area (Å²) in [4.78, 5) is 0. The molecular formula is C8H21BS. The van der Waals surface area contributed by atoms with Crippen molar-refractivity contribution in [2.45, 2.75) is 38.9 Å². The summed E-state index contributed by atoms with van der Waals surface area (Å²) in [5.41, 5.74) is 0. The molecule has 0 heterocycles. The Kier molecular flexibility index (Phi) is 21.1. The van der Waals surface area contributed by atoms with E-state index >= 15 is 0 Å². The van der Waals surface area contributed by atoms with E-state index in [4.69, 9.17) is 0 Å². The molecule has 0 saturated carbocycles. The van der Waals surface area contributed by atoms with Crippen molar-refractivity contribution >= 4 is 19.6 Å². The Morgan fingerprint density at radius 3 is 1.90 bits per heavy atom. The Balaban J connectivity index is 0. The second-order valence-corrected chi connectivity index (χ2v) is 3.29. The zero-order chi connectivity index (χ0) is 8.24. The van der Waals surface area contributed by atoms with Gasteiger partial charge in [0.25, 0.3) is 0 Å². The number of hydrogen-bond donors (Lipinski definition) is 0. The van der Waals surface area contributed by atoms with Crippen molar-refractivity contribution in [3.05, 3.63) is 0 Å². The predicted octanol–water partition coefficient (Wildman–Crippen LogP) is 2.60. The first kappa shape index (κ1) is 13.0. The summed E-state index contributed by atoms with van der Waals surface area (Å²) in [7, 11) is 2.25. The Hall–Kier alpha value is 0.415. The third kappa shape index (κ3) is 23.7. The van der Waals surface area contributed by atoms with Crippen molar-refractivity contribution in [1.29, 1.82) is 0 Å². The molecule has 0 N–H and O–H groups in total. The summed E-state index contributed by atoms with van der Waals surface area (Å²) in [6.45, 7) is 2.25. The summed E-state index contributed by atoms with van der Waals surface area (Å²) in [5.74, 6) is 0. The van der Waals surface area contributed by atoms with Crippen LogP contribution in [0.2, 0.25) is 6.32 Å². The third-order valence-electron chi connectivity index (χ3n) is 1.21. The molecule has 0 atom stereocenters. The highest BCUT2D eigenvalue weighted by atomic mass is 32.2. The molecule has 2 heteroatoms. The lowest BCUT2D eigenvalue weighted by molar-refractivity contribution is 0.701. The van der Waals surface area contributed by atoms with Crippen LogP contribution in [0.4, 0.5) is 0 Å². The number of rotatable bonds is 4. The van der Waals surface area contributed by atoms with E-state index in [-0.39, 0.29) is 0 Å². The van der Waals surface area contributed by atoms with Crippen molar-refractivity contribution in [1.82, 2.24) is 0 Å². The van der Waals surface area contributed by atoms with E-state index in [1.807, 2.05) is 12.5 Å². The Labute approximate surface area is 71.6 Å². The van der Waals surface area contributed by atoms with Gasteiger partial charge in [-0.25, -0.2) is 0 Å². The highest BCUT2D eigenvalue weighted by molar-refractivity contribution is 7.97. The molecule has 0 saturated heterocycles. The van der Waals surface area contributed by atoms with Crippen molar-refractivity contribution < 1.29 is 0 Å². The minimum atomic E-state index is 1.36. The van der Waals surface area contributed by atoms with Crippen LogP contribution >= 0.6 is 11.8 Å². The van der Waals surface area contributed by atoms with Crippen LogP contribution in [0, 0.1) is 0 Å². The third-order valence-corrected chi connectivity index (χ3v) is 1.21. The zero-order valence-electron chi connectivity index (χ0n) is 7.94. The molecule has 0 spiro atoms. The van der Waals surface area contributed by atoms with Crippen LogP contribution in [0.3, 0.4) is 0 Å². The van der Waals surface area contributed by atoms with Crippen LogP contribution in [-0.2, 0) is 0 Å². The van der Waals surface area contributed by atoms with Crippen LogP contribution in [0.15, 0.2) is 0 Å². The highest BCUT2D eigenvalue weighted by Crippen LogP contribution is 1.99. The summed E-state index contributed by atoms with van der Waals surface area (Å²) in [5, 5.41) is 0. The quantitative estimate of drug-likeness (QED) is 0.450. The molecule has 0 aromatic rings. The summed E-state index contributed by atoms with van der Waals surface area (Å²) in [6, 6.07) is 0. The molecule has 10 heavy (non-hydrogen) atoms. The first-order valence-electron chi connectivity index (χ1n) is 4.23. The monoisotopic (exact) mass is 160 g/mol. The Morgan fingerprint density at radius 1 is 1.10 bits per heavy atom. The van der Waals surface area contributed by atoms with Crippen LogP contribution in [0.1, 0.15) is 32.6 Å². The fraction of sp³-hybridized carbons (Fsp3) is 1.00. The van der Waals surface area contributed by atoms with Crippen molar-refractivity contribution in [3.8, 4) is 0 Å². The zero-order valence-corrected chi connectivity index (χ0v) is 8.76. The minimum Gasteiger partial charge on any atom is -0.169 e. The van der Waals surface area contributed by atoms with Crippen LogP contribution in [0.5, 0.6) is 0 Å². The van der Waals surface area contributed by atoms with Gasteiger partial charge in [0, 0.05) is 0 Å². The van der Waals surface area contributed by atoms with Crippen LogP contribution < -0.4 is 0 Å².